The molecule has 0 bridgehead atoms. The van der Waals surface area contributed by atoms with Crippen LogP contribution in [0.25, 0.3) is 0 Å². The van der Waals surface area contributed by atoms with Crippen LogP contribution in [0.5, 0.6) is 0 Å². The Kier molecular flexibility index (Phi) is 63.1. The SMILES string of the molecule is CC/C=C\C/C=C\C/C=C\C/C=C\C/C=C\C/C=C\C/C=C\CCCCCC(=O)OCC(COC(=O)CC/C=C\C/C=C\C/C=C\C/C=C\C/C=C\C/C=C\CC)OC(=O)CCCCCCC/C=C\C/C=C\C/C=C\C/C=C\C/C=C\CC. The Morgan fingerprint density at radius 3 is 0.759 bits per heavy atom. The lowest BCUT2D eigenvalue weighted by atomic mass is 10.1. The third-order valence-electron chi connectivity index (χ3n) is 12.5. The van der Waals surface area contributed by atoms with Gasteiger partial charge in [-0.25, -0.2) is 0 Å². The zero-order valence-corrected chi connectivity index (χ0v) is 52.4. The third kappa shape index (κ3) is 66.4. The Bertz CT molecular complexity index is 2080. The van der Waals surface area contributed by atoms with E-state index in [1.807, 2.05) is 12.2 Å². The number of rotatable bonds is 55. The minimum Gasteiger partial charge on any atom is -0.462 e. The molecule has 0 spiro atoms. The lowest BCUT2D eigenvalue weighted by molar-refractivity contribution is -0.166. The molecule has 0 N–H and O–H groups in total. The molecule has 1 atom stereocenters. The summed E-state index contributed by atoms with van der Waals surface area (Å²) in [5.74, 6) is -1.09. The highest BCUT2D eigenvalue weighted by Gasteiger charge is 2.19. The zero-order valence-electron chi connectivity index (χ0n) is 52.4. The van der Waals surface area contributed by atoms with Gasteiger partial charge in [0.15, 0.2) is 6.10 Å². The Labute approximate surface area is 508 Å². The number of carbonyl (C=O) groups is 3. The summed E-state index contributed by atoms with van der Waals surface area (Å²) in [6.45, 7) is 6.17. The quantitative estimate of drug-likeness (QED) is 0.0261. The van der Waals surface area contributed by atoms with Crippen LogP contribution in [0.2, 0.25) is 0 Å². The molecule has 0 amide bonds. The molecule has 0 aliphatic carbocycles. The second-order valence-corrected chi connectivity index (χ2v) is 20.2. The summed E-state index contributed by atoms with van der Waals surface area (Å²) in [6, 6.07) is 0. The molecule has 0 aromatic carbocycles. The van der Waals surface area contributed by atoms with Gasteiger partial charge in [0.2, 0.25) is 0 Å². The van der Waals surface area contributed by atoms with E-state index in [2.05, 4.69) is 227 Å². The molecule has 0 aromatic rings. The number of hydrogen-bond acceptors (Lipinski definition) is 6. The minimum absolute atomic E-state index is 0.141. The smallest absolute Gasteiger partial charge is 0.306 e. The van der Waals surface area contributed by atoms with Crippen molar-refractivity contribution in [1.29, 1.82) is 0 Å². The summed E-state index contributed by atoms with van der Waals surface area (Å²) >= 11 is 0. The highest BCUT2D eigenvalue weighted by Crippen LogP contribution is 2.12. The van der Waals surface area contributed by atoms with Crippen molar-refractivity contribution in [3.05, 3.63) is 219 Å². The van der Waals surface area contributed by atoms with Gasteiger partial charge in [-0.1, -0.05) is 265 Å². The number of unbranched alkanes of at least 4 members (excludes halogenated alkanes) is 8. The lowest BCUT2D eigenvalue weighted by Crippen LogP contribution is -2.30. The topological polar surface area (TPSA) is 78.9 Å². The van der Waals surface area contributed by atoms with E-state index >= 15 is 0 Å². The van der Waals surface area contributed by atoms with Gasteiger partial charge in [-0.05, 0) is 161 Å². The maximum atomic E-state index is 12.9. The highest BCUT2D eigenvalue weighted by atomic mass is 16.6. The summed E-state index contributed by atoms with van der Waals surface area (Å²) in [4.78, 5) is 38.4. The number of allylic oxidation sites excluding steroid dienone is 36. The average molecular weight is 1140 g/mol. The Morgan fingerprint density at radius 1 is 0.241 bits per heavy atom. The molecule has 6 nitrogen and oxygen atoms in total. The first-order valence-corrected chi connectivity index (χ1v) is 32.2. The van der Waals surface area contributed by atoms with Gasteiger partial charge in [0.05, 0.1) is 0 Å². The maximum absolute atomic E-state index is 12.9. The first kappa shape index (κ1) is 76.7. The number of carbonyl (C=O) groups excluding carboxylic acids is 3. The van der Waals surface area contributed by atoms with Crippen LogP contribution in [0.1, 0.15) is 226 Å². The van der Waals surface area contributed by atoms with Crippen molar-refractivity contribution in [2.45, 2.75) is 232 Å². The molecular weight excluding hydrogens is 1020 g/mol. The molecule has 0 aliphatic heterocycles. The largest absolute Gasteiger partial charge is 0.462 e. The van der Waals surface area contributed by atoms with Crippen LogP contribution in [0, 0.1) is 0 Å². The molecule has 83 heavy (non-hydrogen) atoms. The molecule has 0 heterocycles. The predicted molar refractivity (Wildman–Crippen MR) is 361 cm³/mol. The van der Waals surface area contributed by atoms with Crippen LogP contribution in [-0.4, -0.2) is 37.2 Å². The normalized spacial score (nSPS) is 13.6. The Balaban J connectivity index is 4.65. The van der Waals surface area contributed by atoms with Crippen LogP contribution in [0.3, 0.4) is 0 Å². The van der Waals surface area contributed by atoms with Crippen LogP contribution in [0.15, 0.2) is 219 Å². The molecule has 6 heteroatoms. The van der Waals surface area contributed by atoms with E-state index in [1.54, 1.807) is 0 Å². The lowest BCUT2D eigenvalue weighted by Gasteiger charge is -2.18. The second kappa shape index (κ2) is 68.2. The fraction of sp³-hybridized carbons (Fsp3) is 0.494. The average Bonchev–Trinajstić information content (AvgIpc) is 3.50. The summed E-state index contributed by atoms with van der Waals surface area (Å²) in [5.41, 5.74) is 0. The minimum atomic E-state index is -0.851. The molecule has 458 valence electrons. The van der Waals surface area contributed by atoms with Gasteiger partial charge < -0.3 is 14.2 Å². The van der Waals surface area contributed by atoms with Crippen molar-refractivity contribution in [2.24, 2.45) is 0 Å². The summed E-state index contributed by atoms with van der Waals surface area (Å²) in [6.07, 6.45) is 107. The predicted octanol–water partition coefficient (Wildman–Crippen LogP) is 22.5. The first-order valence-electron chi connectivity index (χ1n) is 32.2. The van der Waals surface area contributed by atoms with Crippen molar-refractivity contribution in [2.75, 3.05) is 13.2 Å². The molecule has 0 rings (SSSR count). The zero-order chi connectivity index (χ0) is 59.9. The van der Waals surface area contributed by atoms with Gasteiger partial charge in [-0.15, -0.1) is 0 Å². The van der Waals surface area contributed by atoms with Crippen molar-refractivity contribution >= 4 is 17.9 Å². The van der Waals surface area contributed by atoms with E-state index in [9.17, 15) is 14.4 Å². The Hall–Kier alpha value is -6.27. The van der Waals surface area contributed by atoms with Gasteiger partial charge >= 0.3 is 17.9 Å². The number of hydrogen-bond donors (Lipinski definition) is 0. The summed E-state index contributed by atoms with van der Waals surface area (Å²) < 4.78 is 16.8. The Morgan fingerprint density at radius 2 is 0.458 bits per heavy atom. The van der Waals surface area contributed by atoms with Gasteiger partial charge in [-0.2, -0.15) is 0 Å². The van der Waals surface area contributed by atoms with Crippen molar-refractivity contribution < 1.29 is 28.6 Å². The molecule has 1 unspecified atom stereocenters. The van der Waals surface area contributed by atoms with E-state index < -0.39 is 6.10 Å². The molecule has 0 saturated heterocycles. The standard InChI is InChI=1S/C77H114O6/c1-4-7-10-13-16-19-22-25-28-31-34-36-37-38-39-41-43-46-49-52-55-58-61-64-67-70-76(79)82-73-74(72-81-75(78)69-66-63-60-57-54-51-48-45-42-33-30-27-24-21-18-15-12-9-6-3)83-77(80)71-68-65-62-59-56-53-50-47-44-40-35-32-29-26-23-20-17-14-11-8-5-2/h7-12,16-21,25-30,34-36,38-40,42-43,45-47,50-52,54-55,60,63,74H,4-6,13-15,22-24,31-33,37,41,44,48-49,53,56-59,61-62,64-73H2,1-3H3/b10-7-,11-8-,12-9-,19-16-,20-17-,21-18-,28-25-,29-26-,30-27-,36-34-,39-38-,40-35-,45-42-,46-43-,50-47-,54-51-,55-52-,63-60-. The van der Waals surface area contributed by atoms with E-state index in [0.717, 1.165) is 180 Å². The van der Waals surface area contributed by atoms with Gasteiger partial charge in [0.25, 0.3) is 0 Å². The van der Waals surface area contributed by atoms with Crippen molar-refractivity contribution in [3.63, 3.8) is 0 Å². The fourth-order valence-electron chi connectivity index (χ4n) is 7.77. The van der Waals surface area contributed by atoms with Crippen LogP contribution >= 0.6 is 0 Å². The molecule has 0 aliphatic rings. The maximum Gasteiger partial charge on any atom is 0.306 e. The molecule has 0 aromatic heterocycles. The van der Waals surface area contributed by atoms with Gasteiger partial charge in [0.1, 0.15) is 13.2 Å². The van der Waals surface area contributed by atoms with Crippen molar-refractivity contribution in [3.8, 4) is 0 Å². The van der Waals surface area contributed by atoms with E-state index in [4.69, 9.17) is 14.2 Å². The van der Waals surface area contributed by atoms with E-state index in [1.165, 1.54) is 0 Å². The number of esters is 3. The first-order chi connectivity index (χ1) is 41.0. The molecule has 0 fully saturated rings. The second-order valence-electron chi connectivity index (χ2n) is 20.2. The van der Waals surface area contributed by atoms with Gasteiger partial charge in [-0.3, -0.25) is 14.4 Å². The summed E-state index contributed by atoms with van der Waals surface area (Å²) in [5, 5.41) is 0. The molecular formula is C77H114O6. The van der Waals surface area contributed by atoms with Crippen LogP contribution in [-0.2, 0) is 28.6 Å². The monoisotopic (exact) mass is 1130 g/mol. The molecule has 0 saturated carbocycles. The third-order valence-corrected chi connectivity index (χ3v) is 12.5. The van der Waals surface area contributed by atoms with E-state index in [-0.39, 0.29) is 50.4 Å². The van der Waals surface area contributed by atoms with E-state index in [0.29, 0.717) is 6.42 Å². The van der Waals surface area contributed by atoms with Crippen LogP contribution < -0.4 is 0 Å². The van der Waals surface area contributed by atoms with Crippen molar-refractivity contribution in [1.82, 2.24) is 0 Å². The number of ether oxygens (including phenoxy) is 3. The summed E-state index contributed by atoms with van der Waals surface area (Å²) in [7, 11) is 0. The highest BCUT2D eigenvalue weighted by molar-refractivity contribution is 5.71. The molecule has 0 radical (unpaired) electrons. The fourth-order valence-corrected chi connectivity index (χ4v) is 7.77. The van der Waals surface area contributed by atoms with Gasteiger partial charge in [0, 0.05) is 19.3 Å². The van der Waals surface area contributed by atoms with Crippen LogP contribution in [0.4, 0.5) is 0 Å².